The van der Waals surface area contributed by atoms with Crippen molar-refractivity contribution < 1.29 is 9.59 Å². The summed E-state index contributed by atoms with van der Waals surface area (Å²) in [5, 5.41) is 6.38. The van der Waals surface area contributed by atoms with Crippen LogP contribution in [0.5, 0.6) is 0 Å². The molecule has 2 heterocycles. The fourth-order valence-corrected chi connectivity index (χ4v) is 3.77. The van der Waals surface area contributed by atoms with Crippen molar-refractivity contribution in [1.29, 1.82) is 0 Å². The van der Waals surface area contributed by atoms with Crippen molar-refractivity contribution in [3.8, 4) is 0 Å². The van der Waals surface area contributed by atoms with Crippen LogP contribution in [-0.4, -0.2) is 26.9 Å². The Balaban J connectivity index is 1.57. The Bertz CT molecular complexity index is 1260. The number of halogens is 1. The lowest BCUT2D eigenvalue weighted by atomic mass is 10.2. The Hall–Kier alpha value is -3.23. The van der Waals surface area contributed by atoms with Gasteiger partial charge in [-0.25, -0.2) is 4.99 Å². The van der Waals surface area contributed by atoms with E-state index < -0.39 is 0 Å². The number of nitrogens with one attached hydrogen (secondary N) is 2. The number of aliphatic imine (C=N–C) groups is 1. The molecule has 0 bridgehead atoms. The molecular formula is C22H18ClN5O2S. The third-order valence-electron chi connectivity index (χ3n) is 4.40. The van der Waals surface area contributed by atoms with Crippen LogP contribution in [0.3, 0.4) is 0 Å². The number of amidine groups is 1. The lowest BCUT2D eigenvalue weighted by molar-refractivity contribution is -0.119. The van der Waals surface area contributed by atoms with Crippen LogP contribution in [0.25, 0.3) is 17.1 Å². The summed E-state index contributed by atoms with van der Waals surface area (Å²) in [6, 6.07) is 10.6. The molecule has 3 aromatic rings. The number of fused-ring (bicyclic) bond motifs is 1. The molecule has 1 aromatic heterocycles. The number of rotatable bonds is 4. The van der Waals surface area contributed by atoms with Gasteiger partial charge in [-0.2, -0.15) is 0 Å². The highest BCUT2D eigenvalue weighted by molar-refractivity contribution is 8.18. The predicted octanol–water partition coefficient (Wildman–Crippen LogP) is 4.77. The summed E-state index contributed by atoms with van der Waals surface area (Å²) >= 11 is 7.48. The molecule has 156 valence electrons. The van der Waals surface area contributed by atoms with Gasteiger partial charge in [-0.1, -0.05) is 31.5 Å². The molecule has 7 nitrogen and oxygen atoms in total. The molecule has 4 rings (SSSR count). The molecule has 2 amide bonds. The van der Waals surface area contributed by atoms with Gasteiger partial charge in [-0.15, -0.1) is 0 Å². The van der Waals surface area contributed by atoms with Crippen LogP contribution < -0.4 is 10.6 Å². The molecule has 2 N–H and O–H groups in total. The van der Waals surface area contributed by atoms with Gasteiger partial charge in [0.15, 0.2) is 5.17 Å². The molecule has 0 atom stereocenters. The number of thioether (sulfide) groups is 1. The minimum Gasteiger partial charge on any atom is -0.326 e. The number of hydrogen-bond acceptors (Lipinski definition) is 6. The van der Waals surface area contributed by atoms with Gasteiger partial charge >= 0.3 is 0 Å². The van der Waals surface area contributed by atoms with Gasteiger partial charge in [-0.3, -0.25) is 19.6 Å². The molecule has 9 heteroatoms. The van der Waals surface area contributed by atoms with E-state index in [-0.39, 0.29) is 17.7 Å². The summed E-state index contributed by atoms with van der Waals surface area (Å²) < 4.78 is 0. The van der Waals surface area contributed by atoms with E-state index in [2.05, 4.69) is 25.6 Å². The first-order chi connectivity index (χ1) is 14.9. The Labute approximate surface area is 188 Å². The van der Waals surface area contributed by atoms with E-state index in [1.54, 1.807) is 36.7 Å². The van der Waals surface area contributed by atoms with Gasteiger partial charge in [0.25, 0.3) is 5.91 Å². The first-order valence-corrected chi connectivity index (χ1v) is 10.7. The summed E-state index contributed by atoms with van der Waals surface area (Å²) in [6.07, 6.45) is 5.04. The number of hydrogen-bond donors (Lipinski definition) is 2. The minimum absolute atomic E-state index is 0.102. The van der Waals surface area contributed by atoms with Crippen LogP contribution in [0.15, 0.2) is 58.7 Å². The molecule has 0 radical (unpaired) electrons. The van der Waals surface area contributed by atoms with Gasteiger partial charge in [-0.05, 0) is 53.7 Å². The summed E-state index contributed by atoms with van der Waals surface area (Å²) in [6.45, 7) is 3.63. The Morgan fingerprint density at radius 1 is 1.16 bits per heavy atom. The van der Waals surface area contributed by atoms with E-state index in [1.165, 1.54) is 11.8 Å². The van der Waals surface area contributed by atoms with E-state index in [4.69, 9.17) is 11.6 Å². The first kappa shape index (κ1) is 21.0. The SMILES string of the molecule is CC(C)C(=O)Nc1ccc(Cl)c(N=C2NC(=O)C(=Cc3ccc4nccnc4c3)S2)c1. The molecule has 2 aromatic carbocycles. The number of benzene rings is 2. The average Bonchev–Trinajstić information content (AvgIpc) is 3.09. The zero-order chi connectivity index (χ0) is 22.0. The molecule has 0 aliphatic carbocycles. The van der Waals surface area contributed by atoms with Crippen molar-refractivity contribution in [2.75, 3.05) is 5.32 Å². The Morgan fingerprint density at radius 3 is 2.71 bits per heavy atom. The van der Waals surface area contributed by atoms with Crippen LogP contribution in [0, 0.1) is 5.92 Å². The standard InChI is InChI=1S/C22H18ClN5O2S/c1-12(2)20(29)26-14-4-5-15(23)17(11-14)27-22-28-21(30)19(31-22)10-13-3-6-16-18(9-13)25-8-7-24-16/h3-12H,1-2H3,(H,26,29)(H,27,28,30). The second kappa shape index (κ2) is 8.87. The average molecular weight is 452 g/mol. The number of nitrogens with zero attached hydrogens (tertiary/aromatic N) is 3. The van der Waals surface area contributed by atoms with Gasteiger partial charge in [0.05, 0.1) is 26.6 Å². The number of carbonyl (C=O) groups is 2. The molecule has 1 fully saturated rings. The molecular weight excluding hydrogens is 434 g/mol. The quantitative estimate of drug-likeness (QED) is 0.557. The molecule has 0 saturated carbocycles. The smallest absolute Gasteiger partial charge is 0.264 e. The summed E-state index contributed by atoms with van der Waals surface area (Å²) in [7, 11) is 0. The highest BCUT2D eigenvalue weighted by atomic mass is 35.5. The second-order valence-electron chi connectivity index (χ2n) is 7.10. The number of aromatic nitrogens is 2. The minimum atomic E-state index is -0.247. The van der Waals surface area contributed by atoms with Crippen molar-refractivity contribution in [2.45, 2.75) is 13.8 Å². The van der Waals surface area contributed by atoms with Crippen LogP contribution in [0.4, 0.5) is 11.4 Å². The highest BCUT2D eigenvalue weighted by Crippen LogP contribution is 2.33. The maximum Gasteiger partial charge on any atom is 0.264 e. The maximum absolute atomic E-state index is 12.4. The molecule has 0 unspecified atom stereocenters. The van der Waals surface area contributed by atoms with Crippen molar-refractivity contribution >= 4 is 68.8 Å². The Morgan fingerprint density at radius 2 is 1.94 bits per heavy atom. The lowest BCUT2D eigenvalue weighted by Crippen LogP contribution is -2.19. The van der Waals surface area contributed by atoms with Crippen molar-refractivity contribution in [3.05, 3.63) is 64.3 Å². The van der Waals surface area contributed by atoms with E-state index in [1.807, 2.05) is 32.0 Å². The zero-order valence-electron chi connectivity index (χ0n) is 16.7. The fourth-order valence-electron chi connectivity index (χ4n) is 2.77. The van der Waals surface area contributed by atoms with Gasteiger partial charge in [0.2, 0.25) is 5.91 Å². The van der Waals surface area contributed by atoms with Crippen molar-refractivity contribution in [3.63, 3.8) is 0 Å². The van der Waals surface area contributed by atoms with E-state index in [0.717, 1.165) is 16.6 Å². The second-order valence-corrected chi connectivity index (χ2v) is 8.53. The molecule has 31 heavy (non-hydrogen) atoms. The molecule has 1 aliphatic rings. The van der Waals surface area contributed by atoms with Crippen LogP contribution in [-0.2, 0) is 9.59 Å². The van der Waals surface area contributed by atoms with E-state index in [9.17, 15) is 9.59 Å². The number of anilines is 1. The Kier molecular flexibility index (Phi) is 6.01. The van der Waals surface area contributed by atoms with Gasteiger partial charge in [0.1, 0.15) is 0 Å². The van der Waals surface area contributed by atoms with E-state index >= 15 is 0 Å². The van der Waals surface area contributed by atoms with Crippen LogP contribution in [0.1, 0.15) is 19.4 Å². The first-order valence-electron chi connectivity index (χ1n) is 9.50. The third-order valence-corrected chi connectivity index (χ3v) is 5.63. The normalized spacial score (nSPS) is 16.3. The monoisotopic (exact) mass is 451 g/mol. The highest BCUT2D eigenvalue weighted by Gasteiger charge is 2.24. The number of amides is 2. The lowest BCUT2D eigenvalue weighted by Gasteiger charge is -2.09. The molecule has 1 aliphatic heterocycles. The molecule has 1 saturated heterocycles. The summed E-state index contributed by atoms with van der Waals surface area (Å²) in [4.78, 5) is 37.9. The van der Waals surface area contributed by atoms with Gasteiger partial charge in [0, 0.05) is 24.0 Å². The predicted molar refractivity (Wildman–Crippen MR) is 125 cm³/mol. The topological polar surface area (TPSA) is 96.3 Å². The fraction of sp³-hybridized carbons (Fsp3) is 0.136. The third kappa shape index (κ3) is 4.92. The van der Waals surface area contributed by atoms with Crippen LogP contribution in [0.2, 0.25) is 5.02 Å². The van der Waals surface area contributed by atoms with Gasteiger partial charge < -0.3 is 10.6 Å². The maximum atomic E-state index is 12.4. The largest absolute Gasteiger partial charge is 0.326 e. The van der Waals surface area contributed by atoms with Crippen LogP contribution >= 0.6 is 23.4 Å². The van der Waals surface area contributed by atoms with Crippen molar-refractivity contribution in [1.82, 2.24) is 15.3 Å². The summed E-state index contributed by atoms with van der Waals surface area (Å²) in [5.41, 5.74) is 3.41. The summed E-state index contributed by atoms with van der Waals surface area (Å²) in [5.74, 6) is -0.498. The zero-order valence-corrected chi connectivity index (χ0v) is 18.3. The molecule has 0 spiro atoms. The number of carbonyl (C=O) groups excluding carboxylic acids is 2. The van der Waals surface area contributed by atoms with E-state index in [0.29, 0.717) is 26.5 Å². The van der Waals surface area contributed by atoms with Crippen molar-refractivity contribution in [2.24, 2.45) is 10.9 Å².